The third-order valence-corrected chi connectivity index (χ3v) is 3.46. The lowest BCUT2D eigenvalue weighted by molar-refractivity contribution is 0.104. The largest absolute Gasteiger partial charge is 0.513 e. The third-order valence-electron chi connectivity index (χ3n) is 3.46. The summed E-state index contributed by atoms with van der Waals surface area (Å²) >= 11 is 0. The van der Waals surface area contributed by atoms with Gasteiger partial charge in [0.1, 0.15) is 5.69 Å². The molecule has 1 heterocycles. The predicted molar refractivity (Wildman–Crippen MR) is 94.8 cm³/mol. The molecule has 3 aromatic rings. The van der Waals surface area contributed by atoms with Crippen LogP contribution in [0.1, 0.15) is 18.2 Å². The van der Waals surface area contributed by atoms with Crippen molar-refractivity contribution < 1.29 is 14.3 Å². The van der Waals surface area contributed by atoms with E-state index in [9.17, 15) is 4.79 Å². The highest BCUT2D eigenvalue weighted by atomic mass is 16.7. The van der Waals surface area contributed by atoms with E-state index < -0.39 is 6.16 Å². The fourth-order valence-electron chi connectivity index (χ4n) is 2.34. The van der Waals surface area contributed by atoms with Crippen LogP contribution in [0.2, 0.25) is 0 Å². The first kappa shape index (κ1) is 15.7. The van der Waals surface area contributed by atoms with E-state index in [0.717, 1.165) is 5.56 Å². The molecule has 24 heavy (non-hydrogen) atoms. The zero-order valence-electron chi connectivity index (χ0n) is 13.3. The molecule has 1 aromatic heterocycles. The van der Waals surface area contributed by atoms with Crippen LogP contribution in [0.15, 0.2) is 60.8 Å². The van der Waals surface area contributed by atoms with Crippen molar-refractivity contribution in [2.24, 2.45) is 0 Å². The first-order valence-electron chi connectivity index (χ1n) is 7.73. The number of hydrogen-bond donors (Lipinski definition) is 0. The number of pyridine rings is 1. The lowest BCUT2D eigenvalue weighted by Gasteiger charge is -2.06. The van der Waals surface area contributed by atoms with Gasteiger partial charge >= 0.3 is 6.16 Å². The Morgan fingerprint density at radius 3 is 2.71 bits per heavy atom. The van der Waals surface area contributed by atoms with Crippen LogP contribution in [0.3, 0.4) is 0 Å². The Hall–Kier alpha value is -3.14. The number of ether oxygens (including phenoxy) is 2. The summed E-state index contributed by atoms with van der Waals surface area (Å²) < 4.78 is 9.97. The molecule has 4 nitrogen and oxygen atoms in total. The first-order valence-corrected chi connectivity index (χ1v) is 7.73. The smallest absolute Gasteiger partial charge is 0.434 e. The van der Waals surface area contributed by atoms with Crippen molar-refractivity contribution >= 4 is 29.1 Å². The summed E-state index contributed by atoms with van der Waals surface area (Å²) in [6.07, 6.45) is 4.68. The van der Waals surface area contributed by atoms with E-state index in [-0.39, 0.29) is 6.61 Å². The first-order chi connectivity index (χ1) is 11.8. The molecule has 0 bridgehead atoms. The monoisotopic (exact) mass is 319 g/mol. The molecule has 0 aliphatic carbocycles. The van der Waals surface area contributed by atoms with Crippen LogP contribution in [-0.4, -0.2) is 17.7 Å². The Balaban J connectivity index is 1.84. The number of benzene rings is 2. The van der Waals surface area contributed by atoms with E-state index in [1.54, 1.807) is 25.3 Å². The number of hydrogen-bond acceptors (Lipinski definition) is 4. The Morgan fingerprint density at radius 2 is 1.88 bits per heavy atom. The molecule has 0 aliphatic rings. The maximum Gasteiger partial charge on any atom is 0.513 e. The molecule has 0 amide bonds. The highest BCUT2D eigenvalue weighted by molar-refractivity contribution is 5.86. The van der Waals surface area contributed by atoms with Crippen molar-refractivity contribution in [3.63, 3.8) is 0 Å². The molecule has 4 heteroatoms. The Labute approximate surface area is 140 Å². The summed E-state index contributed by atoms with van der Waals surface area (Å²) in [5, 5.41) is 2.36. The average Bonchev–Trinajstić information content (AvgIpc) is 2.61. The van der Waals surface area contributed by atoms with Crippen LogP contribution in [0.5, 0.6) is 5.75 Å². The maximum atomic E-state index is 11.5. The Morgan fingerprint density at radius 1 is 1.04 bits per heavy atom. The van der Waals surface area contributed by atoms with Crippen molar-refractivity contribution in [3.05, 3.63) is 72.1 Å². The van der Waals surface area contributed by atoms with Crippen LogP contribution in [0, 0.1) is 0 Å². The van der Waals surface area contributed by atoms with Crippen LogP contribution in [0.4, 0.5) is 4.79 Å². The molecule has 0 spiro atoms. The van der Waals surface area contributed by atoms with E-state index in [2.05, 4.69) is 29.2 Å². The van der Waals surface area contributed by atoms with E-state index in [4.69, 9.17) is 9.47 Å². The van der Waals surface area contributed by atoms with Crippen molar-refractivity contribution in [1.29, 1.82) is 0 Å². The second kappa shape index (κ2) is 7.42. The molecule has 0 aliphatic heterocycles. The summed E-state index contributed by atoms with van der Waals surface area (Å²) in [6, 6.07) is 17.8. The number of fused-ring (bicyclic) bond motifs is 1. The van der Waals surface area contributed by atoms with Crippen LogP contribution >= 0.6 is 0 Å². The number of aromatic nitrogens is 1. The van der Waals surface area contributed by atoms with Gasteiger partial charge in [0, 0.05) is 6.20 Å². The number of nitrogens with zero attached hydrogens (tertiary/aromatic N) is 1. The van der Waals surface area contributed by atoms with Gasteiger partial charge in [-0.25, -0.2) is 4.79 Å². The normalized spacial score (nSPS) is 10.9. The molecular formula is C20H17NO3. The molecule has 0 unspecified atom stereocenters. The minimum atomic E-state index is -0.731. The van der Waals surface area contributed by atoms with Gasteiger partial charge in [0.05, 0.1) is 6.61 Å². The van der Waals surface area contributed by atoms with E-state index in [1.165, 1.54) is 10.8 Å². The van der Waals surface area contributed by atoms with Gasteiger partial charge in [0.2, 0.25) is 0 Å². The van der Waals surface area contributed by atoms with Crippen LogP contribution in [-0.2, 0) is 4.74 Å². The van der Waals surface area contributed by atoms with Gasteiger partial charge in [0.15, 0.2) is 5.75 Å². The quantitative estimate of drug-likeness (QED) is 0.639. The molecule has 120 valence electrons. The summed E-state index contributed by atoms with van der Waals surface area (Å²) in [7, 11) is 0. The second-order valence-electron chi connectivity index (χ2n) is 5.11. The summed E-state index contributed by atoms with van der Waals surface area (Å²) in [5.74, 6) is 0.369. The number of rotatable bonds is 4. The average molecular weight is 319 g/mol. The standard InChI is InChI=1S/C20H17NO3/c1-2-23-20(22)24-19-8-5-13-21-18(19)12-10-15-9-11-16-6-3-4-7-17(16)14-15/h3-14H,2H2,1H3. The molecular weight excluding hydrogens is 302 g/mol. The van der Waals surface area contributed by atoms with Gasteiger partial charge in [-0.05, 0) is 47.5 Å². The van der Waals surface area contributed by atoms with Crippen LogP contribution < -0.4 is 4.74 Å². The molecule has 3 rings (SSSR count). The molecule has 0 N–H and O–H groups in total. The SMILES string of the molecule is CCOC(=O)Oc1cccnc1C=Cc1ccc2ccccc2c1. The number of carbonyl (C=O) groups excluding carboxylic acids is 1. The summed E-state index contributed by atoms with van der Waals surface area (Å²) in [5.41, 5.74) is 1.61. The molecule has 0 saturated heterocycles. The zero-order chi connectivity index (χ0) is 16.8. The van der Waals surface area contributed by atoms with E-state index in [1.807, 2.05) is 30.4 Å². The lowest BCUT2D eigenvalue weighted by atomic mass is 10.1. The third kappa shape index (κ3) is 3.79. The van der Waals surface area contributed by atoms with E-state index >= 15 is 0 Å². The lowest BCUT2D eigenvalue weighted by Crippen LogP contribution is -2.11. The highest BCUT2D eigenvalue weighted by Gasteiger charge is 2.08. The molecule has 0 atom stereocenters. The molecule has 0 saturated carbocycles. The predicted octanol–water partition coefficient (Wildman–Crippen LogP) is 4.94. The fourth-order valence-corrected chi connectivity index (χ4v) is 2.34. The second-order valence-corrected chi connectivity index (χ2v) is 5.11. The van der Waals surface area contributed by atoms with Gasteiger partial charge in [-0.3, -0.25) is 4.98 Å². The minimum absolute atomic E-state index is 0.265. The minimum Gasteiger partial charge on any atom is -0.434 e. The van der Waals surface area contributed by atoms with Gasteiger partial charge in [-0.2, -0.15) is 0 Å². The molecule has 0 radical (unpaired) electrons. The Kier molecular flexibility index (Phi) is 4.87. The van der Waals surface area contributed by atoms with Crippen molar-refractivity contribution in [2.75, 3.05) is 6.61 Å². The highest BCUT2D eigenvalue weighted by Crippen LogP contribution is 2.21. The zero-order valence-corrected chi connectivity index (χ0v) is 13.3. The fraction of sp³-hybridized carbons (Fsp3) is 0.100. The number of carbonyl (C=O) groups is 1. The van der Waals surface area contributed by atoms with Crippen molar-refractivity contribution in [2.45, 2.75) is 6.92 Å². The van der Waals surface area contributed by atoms with Crippen molar-refractivity contribution in [1.82, 2.24) is 4.98 Å². The van der Waals surface area contributed by atoms with Gasteiger partial charge < -0.3 is 9.47 Å². The molecule has 0 fully saturated rings. The maximum absolute atomic E-state index is 11.5. The van der Waals surface area contributed by atoms with E-state index in [0.29, 0.717) is 11.4 Å². The van der Waals surface area contributed by atoms with Crippen molar-refractivity contribution in [3.8, 4) is 5.75 Å². The van der Waals surface area contributed by atoms with Gasteiger partial charge in [-0.1, -0.05) is 42.5 Å². The van der Waals surface area contributed by atoms with Gasteiger partial charge in [0.25, 0.3) is 0 Å². The molecule has 2 aromatic carbocycles. The van der Waals surface area contributed by atoms with Gasteiger partial charge in [-0.15, -0.1) is 0 Å². The summed E-state index contributed by atoms with van der Waals surface area (Å²) in [4.78, 5) is 15.7. The topological polar surface area (TPSA) is 48.4 Å². The summed E-state index contributed by atoms with van der Waals surface area (Å²) in [6.45, 7) is 1.99. The van der Waals surface area contributed by atoms with Crippen LogP contribution in [0.25, 0.3) is 22.9 Å². The Bertz CT molecular complexity index is 887.